The molecule has 1 amide bonds. The van der Waals surface area contributed by atoms with Crippen LogP contribution in [-0.4, -0.2) is 22.5 Å². The summed E-state index contributed by atoms with van der Waals surface area (Å²) in [4.78, 5) is 25.2. The van der Waals surface area contributed by atoms with Gasteiger partial charge in [-0.25, -0.2) is 0 Å². The Labute approximate surface area is 107 Å². The van der Waals surface area contributed by atoms with Crippen LogP contribution in [0.5, 0.6) is 0 Å². The molecule has 2 rings (SSSR count). The van der Waals surface area contributed by atoms with E-state index in [1.54, 1.807) is 6.07 Å². The van der Waals surface area contributed by atoms with Crippen LogP contribution in [0.4, 0.5) is 0 Å². The summed E-state index contributed by atoms with van der Waals surface area (Å²) in [7, 11) is 0. The largest absolute Gasteiger partial charge is 0.387 e. The highest BCUT2D eigenvalue weighted by atomic mass is 32.1. The Bertz CT molecular complexity index is 577. The molecular weight excluding hydrogens is 252 g/mol. The minimum atomic E-state index is -0.734. The fraction of sp³-hybridized carbons (Fsp3) is 0.167. The lowest BCUT2D eigenvalue weighted by molar-refractivity contribution is 0.0916. The van der Waals surface area contributed by atoms with Crippen LogP contribution < -0.4 is 10.9 Å². The predicted octanol–water partition coefficient (Wildman–Crippen LogP) is 0.900. The number of aliphatic hydroxyl groups excluding tert-OH is 1. The second-order valence-electron chi connectivity index (χ2n) is 3.72. The van der Waals surface area contributed by atoms with E-state index < -0.39 is 6.10 Å². The maximum absolute atomic E-state index is 11.7. The van der Waals surface area contributed by atoms with Crippen molar-refractivity contribution in [3.05, 3.63) is 56.6 Å². The predicted molar refractivity (Wildman–Crippen MR) is 68.7 cm³/mol. The lowest BCUT2D eigenvalue weighted by Gasteiger charge is -2.10. The molecule has 0 spiro atoms. The number of carbonyl (C=O) groups is 1. The summed E-state index contributed by atoms with van der Waals surface area (Å²) in [6.45, 7) is 0.113. The van der Waals surface area contributed by atoms with Crippen molar-refractivity contribution in [2.75, 3.05) is 6.54 Å². The molecule has 0 aliphatic carbocycles. The first-order valence-corrected chi connectivity index (χ1v) is 6.28. The molecule has 6 heteroatoms. The van der Waals surface area contributed by atoms with Crippen LogP contribution >= 0.6 is 11.3 Å². The average Bonchev–Trinajstić information content (AvgIpc) is 2.89. The van der Waals surface area contributed by atoms with Crippen LogP contribution in [0.2, 0.25) is 0 Å². The first-order chi connectivity index (χ1) is 8.66. The first kappa shape index (κ1) is 12.5. The SMILES string of the molecule is O=C(NCC(O)c1ccsc1)c1cc[nH]c(=O)c1. The van der Waals surface area contributed by atoms with Crippen molar-refractivity contribution in [3.8, 4) is 0 Å². The molecule has 0 bridgehead atoms. The van der Waals surface area contributed by atoms with E-state index in [0.717, 1.165) is 5.56 Å². The summed E-state index contributed by atoms with van der Waals surface area (Å²) >= 11 is 1.48. The molecule has 0 aliphatic heterocycles. The van der Waals surface area contributed by atoms with Crippen molar-refractivity contribution in [2.45, 2.75) is 6.10 Å². The number of aromatic amines is 1. The Morgan fingerprint density at radius 2 is 2.33 bits per heavy atom. The molecule has 0 saturated carbocycles. The van der Waals surface area contributed by atoms with Crippen LogP contribution in [0.15, 0.2) is 40.0 Å². The highest BCUT2D eigenvalue weighted by Gasteiger charge is 2.11. The minimum absolute atomic E-state index is 0.113. The second-order valence-corrected chi connectivity index (χ2v) is 4.50. The Morgan fingerprint density at radius 1 is 1.50 bits per heavy atom. The molecule has 3 N–H and O–H groups in total. The van der Waals surface area contributed by atoms with E-state index in [-0.39, 0.29) is 23.6 Å². The average molecular weight is 264 g/mol. The standard InChI is InChI=1S/C12H12N2O3S/c15-10(9-2-4-18-7-9)6-14-12(17)8-1-3-13-11(16)5-8/h1-5,7,10,15H,6H2,(H,13,16)(H,14,17). The maximum atomic E-state index is 11.7. The molecule has 2 aromatic rings. The Kier molecular flexibility index (Phi) is 3.91. The number of amides is 1. The van der Waals surface area contributed by atoms with Gasteiger partial charge in [-0.1, -0.05) is 0 Å². The van der Waals surface area contributed by atoms with Gasteiger partial charge >= 0.3 is 0 Å². The number of hydrogen-bond acceptors (Lipinski definition) is 4. The molecule has 1 unspecified atom stereocenters. The molecule has 1 atom stereocenters. The zero-order chi connectivity index (χ0) is 13.0. The van der Waals surface area contributed by atoms with Crippen LogP contribution in [0.3, 0.4) is 0 Å². The van der Waals surface area contributed by atoms with Crippen LogP contribution in [0.1, 0.15) is 22.0 Å². The van der Waals surface area contributed by atoms with E-state index >= 15 is 0 Å². The number of carbonyl (C=O) groups excluding carboxylic acids is 1. The van der Waals surface area contributed by atoms with E-state index in [1.807, 2.05) is 10.8 Å². The van der Waals surface area contributed by atoms with Gasteiger partial charge in [0.05, 0.1) is 6.10 Å². The fourth-order valence-corrected chi connectivity index (χ4v) is 2.17. The Balaban J connectivity index is 1.95. The summed E-state index contributed by atoms with van der Waals surface area (Å²) < 4.78 is 0. The van der Waals surface area contributed by atoms with Crippen molar-refractivity contribution in [1.29, 1.82) is 0 Å². The van der Waals surface area contributed by atoms with Crippen molar-refractivity contribution in [3.63, 3.8) is 0 Å². The summed E-state index contributed by atoms with van der Waals surface area (Å²) in [5.74, 6) is -0.379. The molecule has 0 fully saturated rings. The van der Waals surface area contributed by atoms with Crippen molar-refractivity contribution in [1.82, 2.24) is 10.3 Å². The number of aromatic nitrogens is 1. The number of rotatable bonds is 4. The fourth-order valence-electron chi connectivity index (χ4n) is 1.46. The smallest absolute Gasteiger partial charge is 0.251 e. The molecular formula is C12H12N2O3S. The quantitative estimate of drug-likeness (QED) is 0.767. The van der Waals surface area contributed by atoms with Gasteiger partial charge in [0.15, 0.2) is 0 Å². The molecule has 0 saturated heterocycles. The summed E-state index contributed by atoms with van der Waals surface area (Å²) in [6.07, 6.45) is 0.675. The lowest BCUT2D eigenvalue weighted by atomic mass is 10.2. The molecule has 2 heterocycles. The monoisotopic (exact) mass is 264 g/mol. The second kappa shape index (κ2) is 5.61. The minimum Gasteiger partial charge on any atom is -0.387 e. The number of thiophene rings is 1. The molecule has 5 nitrogen and oxygen atoms in total. The van der Waals surface area contributed by atoms with E-state index in [4.69, 9.17) is 0 Å². The summed E-state index contributed by atoms with van der Waals surface area (Å²) in [6, 6.07) is 4.52. The zero-order valence-corrected chi connectivity index (χ0v) is 10.2. The number of pyridine rings is 1. The van der Waals surface area contributed by atoms with Gasteiger partial charge in [0.1, 0.15) is 0 Å². The van der Waals surface area contributed by atoms with Crippen molar-refractivity contribution in [2.24, 2.45) is 0 Å². The van der Waals surface area contributed by atoms with E-state index in [2.05, 4.69) is 10.3 Å². The molecule has 0 radical (unpaired) electrons. The highest BCUT2D eigenvalue weighted by molar-refractivity contribution is 7.07. The topological polar surface area (TPSA) is 82.2 Å². The van der Waals surface area contributed by atoms with Gasteiger partial charge in [0, 0.05) is 24.4 Å². The lowest BCUT2D eigenvalue weighted by Crippen LogP contribution is -2.29. The normalized spacial score (nSPS) is 12.1. The zero-order valence-electron chi connectivity index (χ0n) is 9.42. The van der Waals surface area contributed by atoms with Gasteiger partial charge in [0.2, 0.25) is 5.56 Å². The third kappa shape index (κ3) is 3.06. The third-order valence-corrected chi connectivity index (χ3v) is 3.12. The number of H-pyrrole nitrogens is 1. The summed E-state index contributed by atoms with van der Waals surface area (Å²) in [5, 5.41) is 16.0. The molecule has 18 heavy (non-hydrogen) atoms. The van der Waals surface area contributed by atoms with Crippen LogP contribution in [0.25, 0.3) is 0 Å². The van der Waals surface area contributed by atoms with E-state index in [1.165, 1.54) is 29.7 Å². The third-order valence-electron chi connectivity index (χ3n) is 2.42. The number of nitrogens with one attached hydrogen (secondary N) is 2. The van der Waals surface area contributed by atoms with Gasteiger partial charge in [-0.15, -0.1) is 0 Å². The number of aliphatic hydroxyl groups is 1. The van der Waals surface area contributed by atoms with Gasteiger partial charge < -0.3 is 15.4 Å². The van der Waals surface area contributed by atoms with Gasteiger partial charge in [-0.3, -0.25) is 9.59 Å². The molecule has 2 aromatic heterocycles. The van der Waals surface area contributed by atoms with Gasteiger partial charge in [0.25, 0.3) is 5.91 Å². The van der Waals surface area contributed by atoms with E-state index in [0.29, 0.717) is 0 Å². The maximum Gasteiger partial charge on any atom is 0.251 e. The molecule has 94 valence electrons. The van der Waals surface area contributed by atoms with Crippen LogP contribution in [0, 0.1) is 0 Å². The molecule has 0 aromatic carbocycles. The molecule has 0 aliphatic rings. The van der Waals surface area contributed by atoms with E-state index in [9.17, 15) is 14.7 Å². The Hall–Kier alpha value is -1.92. The first-order valence-electron chi connectivity index (χ1n) is 5.34. The highest BCUT2D eigenvalue weighted by Crippen LogP contribution is 2.15. The van der Waals surface area contributed by atoms with Gasteiger partial charge in [-0.2, -0.15) is 11.3 Å². The summed E-state index contributed by atoms with van der Waals surface area (Å²) in [5.41, 5.74) is 0.712. The number of hydrogen-bond donors (Lipinski definition) is 3. The van der Waals surface area contributed by atoms with Gasteiger partial charge in [-0.05, 0) is 28.5 Å². The van der Waals surface area contributed by atoms with Crippen molar-refractivity contribution >= 4 is 17.2 Å². The van der Waals surface area contributed by atoms with Crippen LogP contribution in [-0.2, 0) is 0 Å². The van der Waals surface area contributed by atoms with Crippen molar-refractivity contribution < 1.29 is 9.90 Å². The Morgan fingerprint density at radius 3 is 3.00 bits per heavy atom.